The third-order valence-electron chi connectivity index (χ3n) is 3.14. The molecular formula is C16H36N2P16. The van der Waals surface area contributed by atoms with Gasteiger partial charge in [0, 0.05) is 33.4 Å². The van der Waals surface area contributed by atoms with Gasteiger partial charge in [-0.15, -0.1) is 71.4 Å². The van der Waals surface area contributed by atoms with Crippen LogP contribution < -0.4 is 5.09 Å². The number of aliphatic imine (C=N–C) groups is 1. The Morgan fingerprint density at radius 3 is 1.32 bits per heavy atom. The van der Waals surface area contributed by atoms with Gasteiger partial charge < -0.3 is 5.09 Å². The zero-order chi connectivity index (χ0) is 25.8. The average molecular weight is 752 g/mol. The van der Waals surface area contributed by atoms with Crippen molar-refractivity contribution < 1.29 is 0 Å². The van der Waals surface area contributed by atoms with Gasteiger partial charge in [-0.3, -0.25) is 4.99 Å². The van der Waals surface area contributed by atoms with E-state index in [4.69, 9.17) is 0 Å². The summed E-state index contributed by atoms with van der Waals surface area (Å²) in [5.74, 6) is 0. The molecule has 12 unspecified atom stereocenters. The summed E-state index contributed by atoms with van der Waals surface area (Å²) in [7, 11) is 27.5. The van der Waals surface area contributed by atoms with Crippen LogP contribution >= 0.6 is 129 Å². The number of nitrogens with zero attached hydrogens (tertiary/aromatic N) is 1. The van der Waals surface area contributed by atoms with Gasteiger partial charge in [0.15, 0.2) is 0 Å². The summed E-state index contributed by atoms with van der Waals surface area (Å²) in [6.07, 6.45) is 30.2. The Bertz CT molecular complexity index is 750. The third kappa shape index (κ3) is 19.6. The van der Waals surface area contributed by atoms with E-state index in [1.165, 1.54) is 0 Å². The second-order valence-electron chi connectivity index (χ2n) is 5.64. The smallest absolute Gasteiger partial charge is 0.0581 e. The van der Waals surface area contributed by atoms with Gasteiger partial charge in [-0.1, -0.05) is 74.8 Å². The van der Waals surface area contributed by atoms with Crippen LogP contribution in [0.3, 0.4) is 0 Å². The predicted molar refractivity (Wildman–Crippen MR) is 216 cm³/mol. The van der Waals surface area contributed by atoms with E-state index >= 15 is 0 Å². The van der Waals surface area contributed by atoms with E-state index in [0.717, 1.165) is 7.96 Å². The average Bonchev–Trinajstić information content (AvgIpc) is 2.77. The van der Waals surface area contributed by atoms with Crippen molar-refractivity contribution in [2.75, 3.05) is 7.05 Å². The highest BCUT2D eigenvalue weighted by Gasteiger charge is 2.38. The second kappa shape index (κ2) is 26.4. The molecule has 1 N–H and O–H groups in total. The Kier molecular flexibility index (Phi) is 30.0. The van der Waals surface area contributed by atoms with Crippen molar-refractivity contribution >= 4 is 135 Å². The Morgan fingerprint density at radius 1 is 0.588 bits per heavy atom. The van der Waals surface area contributed by atoms with Crippen LogP contribution in [-0.4, -0.2) is 13.3 Å². The molecule has 0 aliphatic carbocycles. The summed E-state index contributed by atoms with van der Waals surface area (Å²) >= 11 is 0. The first-order chi connectivity index (χ1) is 16.3. The highest BCUT2D eigenvalue weighted by atomic mass is 33.3. The lowest BCUT2D eigenvalue weighted by Gasteiger charge is -2.41. The Morgan fingerprint density at radius 2 is 0.971 bits per heavy atom. The van der Waals surface area contributed by atoms with Crippen molar-refractivity contribution in [3.8, 4) is 0 Å². The van der Waals surface area contributed by atoms with Gasteiger partial charge in [-0.2, -0.15) is 0 Å². The molecule has 0 aliphatic rings. The maximum Gasteiger partial charge on any atom is 0.0581 e. The summed E-state index contributed by atoms with van der Waals surface area (Å²) in [5.41, 5.74) is 0. The van der Waals surface area contributed by atoms with Crippen LogP contribution in [0.1, 0.15) is 0 Å². The molecule has 0 saturated carbocycles. The molecule has 0 amide bonds. The first kappa shape index (κ1) is 38.5. The fourth-order valence-corrected chi connectivity index (χ4v) is 151. The summed E-state index contributed by atoms with van der Waals surface area (Å²) in [6, 6.07) is 0. The minimum Gasteiger partial charge on any atom is -0.362 e. The van der Waals surface area contributed by atoms with E-state index in [2.05, 4.69) is 112 Å². The quantitative estimate of drug-likeness (QED) is 0.0948. The molecule has 12 atom stereocenters. The molecule has 34 heavy (non-hydrogen) atoms. The standard InChI is InChI=1S/C16H36N2P16/c1-17-15-13-11-9-7-5-3-2-4-6-8-10-12-14-16-18-28(33(29(20)21)30(22)23)34(31(24)25)32(26)27-19/h2-16,18,27H,19-26H2,1H3. The van der Waals surface area contributed by atoms with Crippen LogP contribution in [0.2, 0.25) is 0 Å². The van der Waals surface area contributed by atoms with E-state index in [-0.39, 0.29) is 49.4 Å². The van der Waals surface area contributed by atoms with Gasteiger partial charge in [0.25, 0.3) is 0 Å². The predicted octanol–water partition coefficient (Wildman–Crippen LogP) is 12.8. The van der Waals surface area contributed by atoms with E-state index in [1.807, 2.05) is 54.7 Å². The minimum absolute atomic E-state index is 0.0102. The molecule has 0 spiro atoms. The summed E-state index contributed by atoms with van der Waals surface area (Å²) in [6.45, 7) is -0.422. The molecule has 0 aromatic carbocycles. The largest absolute Gasteiger partial charge is 0.362 e. The lowest BCUT2D eigenvalue weighted by molar-refractivity contribution is 1.41. The second-order valence-corrected chi connectivity index (χ2v) is 65.7. The van der Waals surface area contributed by atoms with Crippen LogP contribution in [0, 0.1) is 0 Å². The zero-order valence-corrected chi connectivity index (χ0v) is 35.4. The van der Waals surface area contributed by atoms with Gasteiger partial charge >= 0.3 is 0 Å². The molecule has 0 bridgehead atoms. The van der Waals surface area contributed by atoms with Crippen molar-refractivity contribution in [3.63, 3.8) is 0 Å². The number of nitrogens with one attached hydrogen (secondary N) is 1. The summed E-state index contributed by atoms with van der Waals surface area (Å²) in [5, 5.41) is 3.92. The molecule has 0 heterocycles. The van der Waals surface area contributed by atoms with E-state index in [9.17, 15) is 0 Å². The Hall–Kier alpha value is 4.53. The Balaban J connectivity index is 4.96. The van der Waals surface area contributed by atoms with Crippen LogP contribution in [0.4, 0.5) is 0 Å². The summed E-state index contributed by atoms with van der Waals surface area (Å²) in [4.78, 5) is 3.89. The number of allylic oxidation sites excluding steroid dienone is 13. The van der Waals surface area contributed by atoms with Gasteiger partial charge in [-0.25, -0.2) is 0 Å². The Labute approximate surface area is 235 Å². The maximum absolute atomic E-state index is 3.92. The van der Waals surface area contributed by atoms with Crippen molar-refractivity contribution in [1.82, 2.24) is 5.09 Å². The zero-order valence-electron chi connectivity index (χ0n) is 18.9. The number of rotatable bonds is 16. The van der Waals surface area contributed by atoms with Crippen molar-refractivity contribution in [1.29, 1.82) is 0 Å². The molecule has 0 aromatic heterocycles. The van der Waals surface area contributed by atoms with E-state index in [0.29, 0.717) is 0 Å². The lowest BCUT2D eigenvalue weighted by atomic mass is 10.3. The van der Waals surface area contributed by atoms with Crippen LogP contribution in [0.15, 0.2) is 90.2 Å². The summed E-state index contributed by atoms with van der Waals surface area (Å²) < 4.78 is 0. The van der Waals surface area contributed by atoms with Crippen molar-refractivity contribution in [2.24, 2.45) is 4.99 Å². The van der Waals surface area contributed by atoms with Gasteiger partial charge in [0.2, 0.25) is 0 Å². The van der Waals surface area contributed by atoms with Crippen LogP contribution in [0.5, 0.6) is 0 Å². The molecule has 2 nitrogen and oxygen atoms in total. The van der Waals surface area contributed by atoms with E-state index < -0.39 is 0 Å². The topological polar surface area (TPSA) is 24.4 Å². The fourth-order valence-electron chi connectivity index (χ4n) is 1.85. The van der Waals surface area contributed by atoms with Gasteiger partial charge in [0.05, 0.1) is 7.45 Å². The molecule has 190 valence electrons. The van der Waals surface area contributed by atoms with Crippen LogP contribution in [0.25, 0.3) is 0 Å². The lowest BCUT2D eigenvalue weighted by Crippen LogP contribution is -1.90. The number of hydrogen-bond donors (Lipinski definition) is 1. The highest BCUT2D eigenvalue weighted by Crippen LogP contribution is 3.21. The molecule has 18 heteroatoms. The third-order valence-corrected chi connectivity index (χ3v) is 97.2. The molecule has 0 saturated heterocycles. The SMILES string of the molecule is CN=CC=CC=CC=CC=CC=CC=CC=CNP(P(P(P)P)P(P)P)P(P(P)P)P(P)PP. The first-order valence-electron chi connectivity index (χ1n) is 9.40. The first-order valence-corrected chi connectivity index (χ1v) is 38.0. The molecule has 0 radical (unpaired) electrons. The van der Waals surface area contributed by atoms with Crippen molar-refractivity contribution in [2.45, 2.75) is 0 Å². The molecular weight excluding hydrogens is 716 g/mol. The van der Waals surface area contributed by atoms with Gasteiger partial charge in [-0.05, 0) is 40.1 Å². The number of hydrogen-bond acceptors (Lipinski definition) is 2. The minimum atomic E-state index is -0.225. The maximum atomic E-state index is 3.92. The van der Waals surface area contributed by atoms with Crippen molar-refractivity contribution in [3.05, 3.63) is 85.2 Å². The highest BCUT2D eigenvalue weighted by molar-refractivity contribution is 9.25. The normalized spacial score (nSPS) is 17.2. The van der Waals surface area contributed by atoms with Crippen LogP contribution in [-0.2, 0) is 0 Å². The van der Waals surface area contributed by atoms with Gasteiger partial charge in [0.1, 0.15) is 0 Å². The van der Waals surface area contributed by atoms with E-state index in [1.54, 1.807) is 13.3 Å². The molecule has 0 rings (SSSR count). The monoisotopic (exact) mass is 752 g/mol. The fraction of sp³-hybridized carbons (Fsp3) is 0.0625. The molecule has 0 fully saturated rings. The molecule has 0 aromatic rings. The molecule has 0 aliphatic heterocycles.